The maximum absolute atomic E-state index is 12.0. The Bertz CT molecular complexity index is 352. The first-order valence-corrected chi connectivity index (χ1v) is 6.98. The van der Waals surface area contributed by atoms with E-state index in [1.54, 1.807) is 6.92 Å². The van der Waals surface area contributed by atoms with Gasteiger partial charge in [-0.25, -0.2) is 4.79 Å². The first kappa shape index (κ1) is 13.3. The Labute approximate surface area is 110 Å². The van der Waals surface area contributed by atoms with Gasteiger partial charge in [-0.05, 0) is 44.4 Å². The largest absolute Gasteiger partial charge is 0.436 e. The fourth-order valence-electron chi connectivity index (χ4n) is 3.31. The van der Waals surface area contributed by atoms with E-state index in [4.69, 9.17) is 4.74 Å². The maximum Gasteiger partial charge on any atom is 0.411 e. The van der Waals surface area contributed by atoms with Crippen LogP contribution in [0.1, 0.15) is 46.5 Å². The molecule has 0 aromatic carbocycles. The third-order valence-electron chi connectivity index (χ3n) is 4.37. The fraction of sp³-hybridized carbons (Fsp3) is 0.800. The van der Waals surface area contributed by atoms with Crippen LogP contribution in [0.2, 0.25) is 0 Å². The molecule has 0 spiro atoms. The van der Waals surface area contributed by atoms with Crippen LogP contribution in [0, 0.1) is 23.7 Å². The van der Waals surface area contributed by atoms with E-state index in [0.717, 1.165) is 37.5 Å². The highest BCUT2D eigenvalue weighted by atomic mass is 16.6. The SMILES string of the molecule is CC#CCOC(=O)N1C2CCC1CC(C(C)C)C2. The van der Waals surface area contributed by atoms with Crippen LogP contribution in [0.15, 0.2) is 0 Å². The first-order chi connectivity index (χ1) is 8.63. The van der Waals surface area contributed by atoms with Gasteiger partial charge in [-0.2, -0.15) is 0 Å². The average Bonchev–Trinajstić information content (AvgIpc) is 2.60. The highest BCUT2D eigenvalue weighted by Gasteiger charge is 2.44. The molecule has 2 aliphatic heterocycles. The molecular formula is C15H23NO2. The van der Waals surface area contributed by atoms with Gasteiger partial charge in [0.1, 0.15) is 0 Å². The number of carbonyl (C=O) groups is 1. The molecule has 0 saturated carbocycles. The number of rotatable bonds is 2. The van der Waals surface area contributed by atoms with Gasteiger partial charge in [-0.3, -0.25) is 0 Å². The number of amides is 1. The lowest BCUT2D eigenvalue weighted by molar-refractivity contribution is 0.0567. The molecule has 100 valence electrons. The molecule has 18 heavy (non-hydrogen) atoms. The predicted octanol–water partition coefficient (Wildman–Crippen LogP) is 3.05. The zero-order valence-corrected chi connectivity index (χ0v) is 11.6. The molecule has 3 nitrogen and oxygen atoms in total. The number of ether oxygens (including phenoxy) is 1. The minimum atomic E-state index is -0.160. The summed E-state index contributed by atoms with van der Waals surface area (Å²) in [7, 11) is 0. The van der Waals surface area contributed by atoms with Crippen molar-refractivity contribution in [1.82, 2.24) is 4.90 Å². The minimum absolute atomic E-state index is 0.160. The summed E-state index contributed by atoms with van der Waals surface area (Å²) < 4.78 is 5.21. The minimum Gasteiger partial charge on any atom is -0.436 e. The molecule has 2 unspecified atom stereocenters. The summed E-state index contributed by atoms with van der Waals surface area (Å²) in [4.78, 5) is 14.0. The van der Waals surface area contributed by atoms with Crippen molar-refractivity contribution in [2.45, 2.75) is 58.5 Å². The second-order valence-corrected chi connectivity index (χ2v) is 5.75. The van der Waals surface area contributed by atoms with Crippen LogP contribution >= 0.6 is 0 Å². The normalized spacial score (nSPS) is 30.0. The highest BCUT2D eigenvalue weighted by molar-refractivity contribution is 5.69. The summed E-state index contributed by atoms with van der Waals surface area (Å²) in [6.07, 6.45) is 4.41. The monoisotopic (exact) mass is 249 g/mol. The number of hydrogen-bond acceptors (Lipinski definition) is 2. The van der Waals surface area contributed by atoms with Gasteiger partial charge in [-0.1, -0.05) is 19.8 Å². The van der Waals surface area contributed by atoms with Crippen molar-refractivity contribution < 1.29 is 9.53 Å². The van der Waals surface area contributed by atoms with Crippen LogP contribution in [-0.4, -0.2) is 29.7 Å². The van der Waals surface area contributed by atoms with Gasteiger partial charge in [0.15, 0.2) is 6.61 Å². The number of nitrogens with zero attached hydrogens (tertiary/aromatic N) is 1. The van der Waals surface area contributed by atoms with E-state index >= 15 is 0 Å². The van der Waals surface area contributed by atoms with Crippen molar-refractivity contribution in [2.24, 2.45) is 11.8 Å². The molecule has 2 rings (SSSR count). The Hall–Kier alpha value is -1.17. The Balaban J connectivity index is 1.95. The van der Waals surface area contributed by atoms with E-state index < -0.39 is 0 Å². The number of hydrogen-bond donors (Lipinski definition) is 0. The van der Waals surface area contributed by atoms with E-state index in [-0.39, 0.29) is 12.7 Å². The summed E-state index contributed by atoms with van der Waals surface area (Å²) >= 11 is 0. The van der Waals surface area contributed by atoms with Crippen molar-refractivity contribution in [3.05, 3.63) is 0 Å². The number of carbonyl (C=O) groups excluding carboxylic acids is 1. The molecule has 2 heterocycles. The summed E-state index contributed by atoms with van der Waals surface area (Å²) in [5.74, 6) is 7.00. The van der Waals surface area contributed by atoms with E-state index in [0.29, 0.717) is 12.1 Å². The van der Waals surface area contributed by atoms with Gasteiger partial charge < -0.3 is 9.64 Å². The third kappa shape index (κ3) is 2.63. The maximum atomic E-state index is 12.0. The smallest absolute Gasteiger partial charge is 0.411 e. The standard InChI is InChI=1S/C15H23NO2/c1-4-5-8-18-15(17)16-13-6-7-14(16)10-12(9-13)11(2)3/h11-14H,6-10H2,1-3H3. The van der Waals surface area contributed by atoms with Gasteiger partial charge in [-0.15, -0.1) is 5.92 Å². The first-order valence-electron chi connectivity index (χ1n) is 6.98. The van der Waals surface area contributed by atoms with E-state index in [2.05, 4.69) is 25.7 Å². The second kappa shape index (κ2) is 5.65. The molecule has 1 amide bonds. The van der Waals surface area contributed by atoms with Gasteiger partial charge in [0.2, 0.25) is 0 Å². The highest BCUT2D eigenvalue weighted by Crippen LogP contribution is 2.41. The van der Waals surface area contributed by atoms with E-state index in [1.165, 1.54) is 0 Å². The van der Waals surface area contributed by atoms with Gasteiger partial charge in [0.05, 0.1) is 0 Å². The Kier molecular flexibility index (Phi) is 4.16. The predicted molar refractivity (Wildman–Crippen MR) is 71.0 cm³/mol. The topological polar surface area (TPSA) is 29.5 Å². The third-order valence-corrected chi connectivity index (χ3v) is 4.37. The molecule has 2 atom stereocenters. The Morgan fingerprint density at radius 2 is 1.94 bits per heavy atom. The van der Waals surface area contributed by atoms with E-state index in [1.807, 2.05) is 4.90 Å². The van der Waals surface area contributed by atoms with Crippen molar-refractivity contribution in [2.75, 3.05) is 6.61 Å². The van der Waals surface area contributed by atoms with Crippen molar-refractivity contribution in [1.29, 1.82) is 0 Å². The Morgan fingerprint density at radius 1 is 1.33 bits per heavy atom. The molecule has 0 aromatic rings. The summed E-state index contributed by atoms with van der Waals surface area (Å²) in [6.45, 7) is 6.55. The molecular weight excluding hydrogens is 226 g/mol. The number of piperidine rings is 1. The fourth-order valence-corrected chi connectivity index (χ4v) is 3.31. The molecule has 2 saturated heterocycles. The van der Waals surface area contributed by atoms with Gasteiger partial charge in [0, 0.05) is 12.1 Å². The van der Waals surface area contributed by atoms with Crippen LogP contribution in [0.3, 0.4) is 0 Å². The average molecular weight is 249 g/mol. The van der Waals surface area contributed by atoms with Crippen molar-refractivity contribution in [3.8, 4) is 11.8 Å². The van der Waals surface area contributed by atoms with Gasteiger partial charge in [0.25, 0.3) is 0 Å². The lowest BCUT2D eigenvalue weighted by Gasteiger charge is -2.39. The molecule has 2 fully saturated rings. The zero-order chi connectivity index (χ0) is 13.1. The molecule has 0 radical (unpaired) electrons. The summed E-state index contributed by atoms with van der Waals surface area (Å²) in [5, 5.41) is 0. The van der Waals surface area contributed by atoms with E-state index in [9.17, 15) is 4.79 Å². The quantitative estimate of drug-likeness (QED) is 0.704. The molecule has 0 aliphatic carbocycles. The lowest BCUT2D eigenvalue weighted by atomic mass is 9.83. The van der Waals surface area contributed by atoms with Crippen molar-refractivity contribution >= 4 is 6.09 Å². The molecule has 3 heteroatoms. The second-order valence-electron chi connectivity index (χ2n) is 5.75. The molecule has 2 bridgehead atoms. The van der Waals surface area contributed by atoms with Crippen LogP contribution in [0.4, 0.5) is 4.79 Å². The van der Waals surface area contributed by atoms with Crippen molar-refractivity contribution in [3.63, 3.8) is 0 Å². The summed E-state index contributed by atoms with van der Waals surface area (Å²) in [6, 6.07) is 0.802. The Morgan fingerprint density at radius 3 is 2.44 bits per heavy atom. The van der Waals surface area contributed by atoms with Gasteiger partial charge >= 0.3 is 6.09 Å². The van der Waals surface area contributed by atoms with Crippen LogP contribution < -0.4 is 0 Å². The number of fused-ring (bicyclic) bond motifs is 2. The lowest BCUT2D eigenvalue weighted by Crippen LogP contribution is -2.47. The zero-order valence-electron chi connectivity index (χ0n) is 11.6. The summed E-state index contributed by atoms with van der Waals surface area (Å²) in [5.41, 5.74) is 0. The molecule has 0 aromatic heterocycles. The van der Waals surface area contributed by atoms with Crippen LogP contribution in [0.5, 0.6) is 0 Å². The van der Waals surface area contributed by atoms with Crippen LogP contribution in [0.25, 0.3) is 0 Å². The van der Waals surface area contributed by atoms with Crippen LogP contribution in [-0.2, 0) is 4.74 Å². The molecule has 0 N–H and O–H groups in total. The molecule has 2 aliphatic rings.